The Labute approximate surface area is 188 Å². The first-order valence-electron chi connectivity index (χ1n) is 10.2. The molecule has 0 spiro atoms. The Morgan fingerprint density at radius 1 is 0.939 bits per heavy atom. The molecule has 0 bridgehead atoms. The maximum atomic E-state index is 13.0. The lowest BCUT2D eigenvalue weighted by Gasteiger charge is -2.10. The molecule has 0 atom stereocenters. The molecule has 4 aromatic rings. The average Bonchev–Trinajstić information content (AvgIpc) is 3.32. The lowest BCUT2D eigenvalue weighted by atomic mass is 10.0. The number of fused-ring (bicyclic) bond motifs is 2. The van der Waals surface area contributed by atoms with Crippen LogP contribution < -0.4 is 14.9 Å². The van der Waals surface area contributed by atoms with E-state index in [4.69, 9.17) is 18.6 Å². The first kappa shape index (κ1) is 20.5. The van der Waals surface area contributed by atoms with Crippen molar-refractivity contribution in [3.05, 3.63) is 93.6 Å². The van der Waals surface area contributed by atoms with Crippen LogP contribution in [0.1, 0.15) is 26.3 Å². The molecule has 0 N–H and O–H groups in total. The van der Waals surface area contributed by atoms with Gasteiger partial charge in [0.15, 0.2) is 34.9 Å². The first-order chi connectivity index (χ1) is 16.0. The number of ketones is 1. The Morgan fingerprint density at radius 3 is 2.55 bits per heavy atom. The minimum Gasteiger partial charge on any atom is -0.455 e. The normalized spacial score (nSPS) is 12.0. The molecule has 33 heavy (non-hydrogen) atoms. The zero-order valence-electron chi connectivity index (χ0n) is 17.6. The summed E-state index contributed by atoms with van der Waals surface area (Å²) in [6, 6.07) is 18.6. The third kappa shape index (κ3) is 3.74. The fourth-order valence-electron chi connectivity index (χ4n) is 3.70. The second kappa shape index (κ2) is 8.27. The van der Waals surface area contributed by atoms with Crippen LogP contribution in [0.3, 0.4) is 0 Å². The number of hydrogen-bond acceptors (Lipinski definition) is 7. The molecule has 3 aromatic carbocycles. The van der Waals surface area contributed by atoms with Gasteiger partial charge in [0, 0.05) is 16.7 Å². The predicted molar refractivity (Wildman–Crippen MR) is 120 cm³/mol. The van der Waals surface area contributed by atoms with Crippen LogP contribution in [-0.4, -0.2) is 25.2 Å². The highest BCUT2D eigenvalue weighted by molar-refractivity contribution is 6.04. The SMILES string of the molecule is Cc1c(-c2ccccc2)oc2c(C(=O)OCC(=O)c3ccc4c(c3)OCO4)cccc2c1=O. The van der Waals surface area contributed by atoms with E-state index in [0.717, 1.165) is 5.56 Å². The van der Waals surface area contributed by atoms with Gasteiger partial charge in [-0.3, -0.25) is 9.59 Å². The average molecular weight is 442 g/mol. The smallest absolute Gasteiger partial charge is 0.342 e. The summed E-state index contributed by atoms with van der Waals surface area (Å²) in [5.41, 5.74) is 1.44. The Morgan fingerprint density at radius 2 is 1.73 bits per heavy atom. The second-order valence-corrected chi connectivity index (χ2v) is 7.50. The summed E-state index contributed by atoms with van der Waals surface area (Å²) in [6.45, 7) is 1.30. The maximum absolute atomic E-state index is 13.0. The number of hydrogen-bond donors (Lipinski definition) is 0. The van der Waals surface area contributed by atoms with Crippen LogP contribution in [0.4, 0.5) is 0 Å². The molecular formula is C26H18O7. The standard InChI is InChI=1S/C26H18O7/c1-15-23(28)18-8-5-9-19(25(18)33-24(15)16-6-3-2-4-7-16)26(29)30-13-20(27)17-10-11-21-22(12-17)32-14-31-21/h2-12H,13-14H2,1H3. The van der Waals surface area contributed by atoms with Gasteiger partial charge in [0.2, 0.25) is 6.79 Å². The molecule has 0 unspecified atom stereocenters. The van der Waals surface area contributed by atoms with Gasteiger partial charge < -0.3 is 18.6 Å². The van der Waals surface area contributed by atoms with E-state index in [2.05, 4.69) is 0 Å². The molecule has 0 aliphatic carbocycles. The Hall–Kier alpha value is -4.39. The van der Waals surface area contributed by atoms with Crippen LogP contribution in [0, 0.1) is 6.92 Å². The van der Waals surface area contributed by atoms with E-state index in [9.17, 15) is 14.4 Å². The van der Waals surface area contributed by atoms with Gasteiger partial charge in [-0.1, -0.05) is 36.4 Å². The van der Waals surface area contributed by atoms with Crippen LogP contribution in [0.15, 0.2) is 75.9 Å². The van der Waals surface area contributed by atoms with Crippen molar-refractivity contribution < 1.29 is 28.2 Å². The van der Waals surface area contributed by atoms with E-state index in [0.29, 0.717) is 28.4 Å². The molecule has 0 saturated carbocycles. The van der Waals surface area contributed by atoms with Crippen molar-refractivity contribution >= 4 is 22.7 Å². The van der Waals surface area contributed by atoms with Gasteiger partial charge in [-0.2, -0.15) is 0 Å². The summed E-state index contributed by atoms with van der Waals surface area (Å²) in [5, 5.41) is 0.267. The minimum atomic E-state index is -0.763. The van der Waals surface area contributed by atoms with Crippen molar-refractivity contribution in [2.24, 2.45) is 0 Å². The lowest BCUT2D eigenvalue weighted by molar-refractivity contribution is 0.0475. The predicted octanol–water partition coefficient (Wildman–Crippen LogP) is 4.54. The van der Waals surface area contributed by atoms with Crippen LogP contribution in [-0.2, 0) is 4.74 Å². The van der Waals surface area contributed by atoms with E-state index in [-0.39, 0.29) is 28.8 Å². The van der Waals surface area contributed by atoms with Gasteiger partial charge in [0.1, 0.15) is 11.3 Å². The highest BCUT2D eigenvalue weighted by atomic mass is 16.7. The molecule has 0 amide bonds. The van der Waals surface area contributed by atoms with Crippen molar-refractivity contribution in [2.45, 2.75) is 6.92 Å². The Bertz CT molecular complexity index is 1450. The van der Waals surface area contributed by atoms with Crippen molar-refractivity contribution in [3.63, 3.8) is 0 Å². The maximum Gasteiger partial charge on any atom is 0.342 e. The highest BCUT2D eigenvalue weighted by Gasteiger charge is 2.21. The van der Waals surface area contributed by atoms with Gasteiger partial charge in [0.05, 0.1) is 5.39 Å². The fraction of sp³-hybridized carbons (Fsp3) is 0.115. The van der Waals surface area contributed by atoms with Crippen LogP contribution in [0.25, 0.3) is 22.3 Å². The van der Waals surface area contributed by atoms with Gasteiger partial charge in [0.25, 0.3) is 0 Å². The number of carbonyl (C=O) groups is 2. The third-order valence-corrected chi connectivity index (χ3v) is 5.43. The fourth-order valence-corrected chi connectivity index (χ4v) is 3.70. The molecule has 7 heteroatoms. The van der Waals surface area contributed by atoms with Crippen LogP contribution in [0.2, 0.25) is 0 Å². The van der Waals surface area contributed by atoms with Gasteiger partial charge >= 0.3 is 5.97 Å². The third-order valence-electron chi connectivity index (χ3n) is 5.43. The largest absolute Gasteiger partial charge is 0.455 e. The molecule has 1 aliphatic rings. The molecule has 2 heterocycles. The van der Waals surface area contributed by atoms with E-state index in [1.54, 1.807) is 37.3 Å². The molecule has 164 valence electrons. The van der Waals surface area contributed by atoms with Crippen molar-refractivity contribution in [1.29, 1.82) is 0 Å². The lowest BCUT2D eigenvalue weighted by Crippen LogP contribution is -2.15. The zero-order valence-corrected chi connectivity index (χ0v) is 17.6. The molecule has 0 saturated heterocycles. The number of benzene rings is 3. The summed E-state index contributed by atoms with van der Waals surface area (Å²) in [6.07, 6.45) is 0. The van der Waals surface area contributed by atoms with E-state index < -0.39 is 18.4 Å². The number of rotatable bonds is 5. The minimum absolute atomic E-state index is 0.0697. The molecule has 1 aliphatic heterocycles. The van der Waals surface area contributed by atoms with E-state index in [1.165, 1.54) is 6.07 Å². The Balaban J connectivity index is 1.44. The number of carbonyl (C=O) groups excluding carboxylic acids is 2. The van der Waals surface area contributed by atoms with E-state index >= 15 is 0 Å². The zero-order chi connectivity index (χ0) is 22.9. The molecule has 0 fully saturated rings. The first-order valence-corrected chi connectivity index (χ1v) is 10.2. The quantitative estimate of drug-likeness (QED) is 0.331. The van der Waals surface area contributed by atoms with Gasteiger partial charge in [-0.15, -0.1) is 0 Å². The molecule has 0 radical (unpaired) electrons. The number of esters is 1. The summed E-state index contributed by atoms with van der Waals surface area (Å²) in [4.78, 5) is 38.3. The van der Waals surface area contributed by atoms with Gasteiger partial charge in [-0.05, 0) is 37.3 Å². The van der Waals surface area contributed by atoms with Crippen molar-refractivity contribution in [3.8, 4) is 22.8 Å². The summed E-state index contributed by atoms with van der Waals surface area (Å²) >= 11 is 0. The summed E-state index contributed by atoms with van der Waals surface area (Å²) in [7, 11) is 0. The summed E-state index contributed by atoms with van der Waals surface area (Å²) < 4.78 is 21.8. The van der Waals surface area contributed by atoms with E-state index in [1.807, 2.05) is 30.3 Å². The highest BCUT2D eigenvalue weighted by Crippen LogP contribution is 2.32. The van der Waals surface area contributed by atoms with Crippen molar-refractivity contribution in [1.82, 2.24) is 0 Å². The van der Waals surface area contributed by atoms with Crippen LogP contribution in [0.5, 0.6) is 11.5 Å². The second-order valence-electron chi connectivity index (χ2n) is 7.50. The summed E-state index contributed by atoms with van der Waals surface area (Å²) in [5.74, 6) is 0.236. The number of Topliss-reactive ketones (excluding diaryl/α,β-unsaturated/α-hetero) is 1. The molecule has 1 aromatic heterocycles. The molecular weight excluding hydrogens is 424 g/mol. The van der Waals surface area contributed by atoms with Gasteiger partial charge in [-0.25, -0.2) is 4.79 Å². The number of ether oxygens (including phenoxy) is 3. The van der Waals surface area contributed by atoms with Crippen LogP contribution >= 0.6 is 0 Å². The number of para-hydroxylation sites is 1. The monoisotopic (exact) mass is 442 g/mol. The Kier molecular flexibility index (Phi) is 5.14. The molecule has 5 rings (SSSR count). The topological polar surface area (TPSA) is 92.0 Å². The van der Waals surface area contributed by atoms with Crippen molar-refractivity contribution in [2.75, 3.05) is 13.4 Å². The molecule has 7 nitrogen and oxygen atoms in total.